The van der Waals surface area contributed by atoms with E-state index in [1.165, 1.54) is 0 Å². The van der Waals surface area contributed by atoms with Gasteiger partial charge in [-0.2, -0.15) is 0 Å². The minimum atomic E-state index is -0.191. The fourth-order valence-corrected chi connectivity index (χ4v) is 1.43. The fraction of sp³-hybridized carbons (Fsp3) is 1.00. The summed E-state index contributed by atoms with van der Waals surface area (Å²) < 4.78 is 0. The second-order valence-electron chi connectivity index (χ2n) is 3.01. The van der Waals surface area contributed by atoms with E-state index in [9.17, 15) is 5.11 Å². The van der Waals surface area contributed by atoms with Crippen molar-refractivity contribution in [1.29, 1.82) is 0 Å². The number of likely N-dealkylation sites (N-methyl/N-ethyl adjacent to an activating group) is 2. The highest BCUT2D eigenvalue weighted by molar-refractivity contribution is 4.82. The van der Waals surface area contributed by atoms with Crippen molar-refractivity contribution in [3.8, 4) is 0 Å². The Labute approximate surface area is 62.0 Å². The van der Waals surface area contributed by atoms with Crippen LogP contribution in [0.15, 0.2) is 0 Å². The van der Waals surface area contributed by atoms with E-state index in [-0.39, 0.29) is 6.10 Å². The second-order valence-corrected chi connectivity index (χ2v) is 3.01. The molecule has 1 fully saturated rings. The number of nitrogens with zero attached hydrogens (tertiary/aromatic N) is 1. The van der Waals surface area contributed by atoms with Gasteiger partial charge in [0.25, 0.3) is 0 Å². The van der Waals surface area contributed by atoms with Crippen LogP contribution in [0, 0.1) is 0 Å². The lowest BCUT2D eigenvalue weighted by molar-refractivity contribution is 0.0549. The third-order valence-electron chi connectivity index (χ3n) is 2.16. The first-order valence-electron chi connectivity index (χ1n) is 3.78. The molecule has 0 bridgehead atoms. The molecule has 1 aliphatic rings. The molecule has 2 N–H and O–H groups in total. The Morgan fingerprint density at radius 3 is 2.80 bits per heavy atom. The summed E-state index contributed by atoms with van der Waals surface area (Å²) in [5.74, 6) is 0. The Bertz CT molecular complexity index is 108. The quantitative estimate of drug-likeness (QED) is 0.509. The van der Waals surface area contributed by atoms with Crippen LogP contribution in [0.1, 0.15) is 6.42 Å². The molecule has 10 heavy (non-hydrogen) atoms. The van der Waals surface area contributed by atoms with Crippen LogP contribution in [-0.4, -0.2) is 49.3 Å². The number of hydrogen-bond acceptors (Lipinski definition) is 3. The van der Waals surface area contributed by atoms with Gasteiger partial charge in [0.15, 0.2) is 0 Å². The van der Waals surface area contributed by atoms with Gasteiger partial charge in [-0.25, -0.2) is 0 Å². The Hall–Kier alpha value is -0.120. The van der Waals surface area contributed by atoms with E-state index in [1.807, 2.05) is 14.1 Å². The third-order valence-corrected chi connectivity index (χ3v) is 2.16. The van der Waals surface area contributed by atoms with E-state index in [2.05, 4.69) is 10.2 Å². The molecule has 0 amide bonds. The summed E-state index contributed by atoms with van der Waals surface area (Å²) in [6.45, 7) is 1.88. The van der Waals surface area contributed by atoms with Crippen molar-refractivity contribution in [2.45, 2.75) is 18.6 Å². The molecular formula is C7H16N2O. The third kappa shape index (κ3) is 1.68. The lowest BCUT2D eigenvalue weighted by atomic mass is 10.0. The first-order chi connectivity index (χ1) is 4.74. The normalized spacial score (nSPS) is 36.3. The molecule has 3 heteroatoms. The summed E-state index contributed by atoms with van der Waals surface area (Å²) in [5.41, 5.74) is 0. The van der Waals surface area contributed by atoms with Gasteiger partial charge >= 0.3 is 0 Å². The maximum atomic E-state index is 9.44. The number of β-amino-alcohol motifs (C(OH)–C–C–N with tert-alkyl or cyclic N) is 1. The van der Waals surface area contributed by atoms with Crippen molar-refractivity contribution in [1.82, 2.24) is 10.2 Å². The zero-order valence-electron chi connectivity index (χ0n) is 6.67. The number of hydrogen-bond donors (Lipinski definition) is 2. The molecule has 0 aromatic rings. The van der Waals surface area contributed by atoms with E-state index < -0.39 is 0 Å². The first-order valence-corrected chi connectivity index (χ1v) is 3.78. The van der Waals surface area contributed by atoms with Gasteiger partial charge < -0.3 is 15.3 Å². The van der Waals surface area contributed by atoms with Crippen LogP contribution in [0.4, 0.5) is 0 Å². The summed E-state index contributed by atoms with van der Waals surface area (Å²) in [7, 11) is 3.94. The molecule has 1 saturated heterocycles. The maximum Gasteiger partial charge on any atom is 0.0820 e. The summed E-state index contributed by atoms with van der Waals surface area (Å²) in [6.07, 6.45) is 0.859. The van der Waals surface area contributed by atoms with Gasteiger partial charge in [-0.05, 0) is 27.1 Å². The predicted octanol–water partition coefficient (Wildman–Crippen LogP) is -0.729. The average molecular weight is 144 g/mol. The summed E-state index contributed by atoms with van der Waals surface area (Å²) >= 11 is 0. The number of likely N-dealkylation sites (tertiary alicyclic amines) is 1. The highest BCUT2D eigenvalue weighted by atomic mass is 16.3. The molecule has 0 aromatic heterocycles. The minimum Gasteiger partial charge on any atom is -0.390 e. The van der Waals surface area contributed by atoms with Crippen LogP contribution in [0.5, 0.6) is 0 Å². The number of nitrogens with one attached hydrogen (secondary N) is 1. The maximum absolute atomic E-state index is 9.44. The van der Waals surface area contributed by atoms with Gasteiger partial charge in [0.2, 0.25) is 0 Å². The molecule has 2 atom stereocenters. The topological polar surface area (TPSA) is 35.5 Å². The van der Waals surface area contributed by atoms with Crippen molar-refractivity contribution in [3.05, 3.63) is 0 Å². The molecule has 0 aromatic carbocycles. The van der Waals surface area contributed by atoms with Crippen LogP contribution in [-0.2, 0) is 0 Å². The number of rotatable bonds is 1. The van der Waals surface area contributed by atoms with Gasteiger partial charge in [0.1, 0.15) is 0 Å². The van der Waals surface area contributed by atoms with Crippen LogP contribution in [0.2, 0.25) is 0 Å². The Morgan fingerprint density at radius 2 is 2.30 bits per heavy atom. The summed E-state index contributed by atoms with van der Waals surface area (Å²) in [4.78, 5) is 2.15. The highest BCUT2D eigenvalue weighted by Crippen LogP contribution is 2.07. The zero-order chi connectivity index (χ0) is 7.56. The van der Waals surface area contributed by atoms with E-state index >= 15 is 0 Å². The van der Waals surface area contributed by atoms with E-state index in [0.29, 0.717) is 6.04 Å². The molecule has 0 aliphatic carbocycles. The molecule has 2 unspecified atom stereocenters. The SMILES string of the molecule is CNC1CCN(C)CC1O. The zero-order valence-corrected chi connectivity index (χ0v) is 6.67. The number of piperidine rings is 1. The van der Waals surface area contributed by atoms with Gasteiger partial charge in [-0.1, -0.05) is 0 Å². The largest absolute Gasteiger partial charge is 0.390 e. The van der Waals surface area contributed by atoms with E-state index in [0.717, 1.165) is 19.5 Å². The molecule has 60 valence electrons. The van der Waals surface area contributed by atoms with Gasteiger partial charge in [0, 0.05) is 12.6 Å². The molecular weight excluding hydrogens is 128 g/mol. The van der Waals surface area contributed by atoms with Crippen molar-refractivity contribution >= 4 is 0 Å². The van der Waals surface area contributed by atoms with Crippen molar-refractivity contribution in [3.63, 3.8) is 0 Å². The van der Waals surface area contributed by atoms with Gasteiger partial charge in [-0.15, -0.1) is 0 Å². The highest BCUT2D eigenvalue weighted by Gasteiger charge is 2.23. The summed E-state index contributed by atoms with van der Waals surface area (Å²) in [6, 6.07) is 0.302. The average Bonchev–Trinajstić information content (AvgIpc) is 1.88. The molecule has 1 aliphatic heterocycles. The van der Waals surface area contributed by atoms with Crippen molar-refractivity contribution < 1.29 is 5.11 Å². The van der Waals surface area contributed by atoms with Crippen LogP contribution < -0.4 is 5.32 Å². The Balaban J connectivity index is 2.36. The van der Waals surface area contributed by atoms with E-state index in [4.69, 9.17) is 0 Å². The number of aliphatic hydroxyl groups excluding tert-OH is 1. The van der Waals surface area contributed by atoms with Crippen LogP contribution in [0.25, 0.3) is 0 Å². The van der Waals surface area contributed by atoms with Gasteiger partial charge in [-0.3, -0.25) is 0 Å². The van der Waals surface area contributed by atoms with Crippen LogP contribution in [0.3, 0.4) is 0 Å². The lowest BCUT2D eigenvalue weighted by Gasteiger charge is -2.33. The van der Waals surface area contributed by atoms with Gasteiger partial charge in [0.05, 0.1) is 6.10 Å². The van der Waals surface area contributed by atoms with Crippen molar-refractivity contribution in [2.24, 2.45) is 0 Å². The predicted molar refractivity (Wildman–Crippen MR) is 41.0 cm³/mol. The number of aliphatic hydroxyl groups is 1. The Kier molecular flexibility index (Phi) is 2.65. The standard InChI is InChI=1S/C7H16N2O/c1-8-6-3-4-9(2)5-7(6)10/h6-8,10H,3-5H2,1-2H3. The lowest BCUT2D eigenvalue weighted by Crippen LogP contribution is -2.50. The van der Waals surface area contributed by atoms with E-state index in [1.54, 1.807) is 0 Å². The second kappa shape index (κ2) is 3.32. The smallest absolute Gasteiger partial charge is 0.0820 e. The molecule has 0 radical (unpaired) electrons. The molecule has 0 spiro atoms. The fourth-order valence-electron chi connectivity index (χ4n) is 1.43. The Morgan fingerprint density at radius 1 is 1.60 bits per heavy atom. The molecule has 0 saturated carbocycles. The minimum absolute atomic E-state index is 0.191. The summed E-state index contributed by atoms with van der Waals surface area (Å²) in [5, 5.41) is 12.5. The van der Waals surface area contributed by atoms with Crippen molar-refractivity contribution in [2.75, 3.05) is 27.2 Å². The first kappa shape index (κ1) is 7.98. The molecule has 1 rings (SSSR count). The van der Waals surface area contributed by atoms with Crippen LogP contribution >= 0.6 is 0 Å². The monoisotopic (exact) mass is 144 g/mol. The molecule has 3 nitrogen and oxygen atoms in total. The molecule has 1 heterocycles.